The summed E-state index contributed by atoms with van der Waals surface area (Å²) >= 11 is 0. The van der Waals surface area contributed by atoms with Gasteiger partial charge in [-0.1, -0.05) is 0 Å². The van der Waals surface area contributed by atoms with Crippen molar-refractivity contribution in [3.05, 3.63) is 0 Å². The van der Waals surface area contributed by atoms with Gasteiger partial charge >= 0.3 is 0 Å². The lowest BCUT2D eigenvalue weighted by Gasteiger charge is -2.36. The third kappa shape index (κ3) is 3.93. The summed E-state index contributed by atoms with van der Waals surface area (Å²) < 4.78 is 23.0. The van der Waals surface area contributed by atoms with Crippen molar-refractivity contribution in [3.63, 3.8) is 0 Å². The van der Waals surface area contributed by atoms with Crippen molar-refractivity contribution in [2.45, 2.75) is 38.4 Å². The summed E-state index contributed by atoms with van der Waals surface area (Å²) in [6.07, 6.45) is 0.568. The van der Waals surface area contributed by atoms with E-state index in [1.54, 1.807) is 11.9 Å². The molecule has 3 atom stereocenters. The van der Waals surface area contributed by atoms with Gasteiger partial charge in [-0.05, 0) is 20.3 Å². The molecule has 2 heterocycles. The lowest BCUT2D eigenvalue weighted by atomic mass is 10.1. The number of carbonyl (C=O) groups excluding carboxylic acids is 1. The molecule has 116 valence electrons. The number of hydrogen-bond acceptors (Lipinski definition) is 5. The van der Waals surface area contributed by atoms with Gasteiger partial charge in [-0.3, -0.25) is 9.69 Å². The summed E-state index contributed by atoms with van der Waals surface area (Å²) in [4.78, 5) is 16.1. The summed E-state index contributed by atoms with van der Waals surface area (Å²) in [5.74, 6) is 0.342. The van der Waals surface area contributed by atoms with E-state index in [0.717, 1.165) is 13.1 Å². The molecule has 2 fully saturated rings. The molecule has 0 spiro atoms. The van der Waals surface area contributed by atoms with Crippen LogP contribution in [0.3, 0.4) is 0 Å². The molecule has 20 heavy (non-hydrogen) atoms. The highest BCUT2D eigenvalue weighted by Gasteiger charge is 2.33. The molecule has 6 nitrogen and oxygen atoms in total. The maximum atomic E-state index is 12.3. The number of hydrogen-bond donors (Lipinski definition) is 1. The number of likely N-dealkylation sites (N-methyl/N-ethyl adjacent to an activating group) is 1. The van der Waals surface area contributed by atoms with Crippen molar-refractivity contribution in [2.24, 2.45) is 0 Å². The Bertz CT molecular complexity index is 455. The maximum absolute atomic E-state index is 12.3. The third-order valence-corrected chi connectivity index (χ3v) is 5.89. The first-order valence-electron chi connectivity index (χ1n) is 7.21. The SMILES string of the molecule is CC1CN(CC(=O)N(C)C2CCS(=O)(=O)C2)CC(C)N1. The summed E-state index contributed by atoms with van der Waals surface area (Å²) in [5, 5.41) is 3.43. The van der Waals surface area contributed by atoms with Crippen LogP contribution in [0.15, 0.2) is 0 Å². The van der Waals surface area contributed by atoms with Gasteiger partial charge < -0.3 is 10.2 Å². The first kappa shape index (κ1) is 15.7. The molecule has 0 radical (unpaired) electrons. The molecule has 0 aromatic rings. The second kappa shape index (κ2) is 5.99. The van der Waals surface area contributed by atoms with Crippen LogP contribution < -0.4 is 5.32 Å². The van der Waals surface area contributed by atoms with Crippen molar-refractivity contribution in [2.75, 3.05) is 38.2 Å². The van der Waals surface area contributed by atoms with Gasteiger partial charge in [0.05, 0.1) is 18.1 Å². The highest BCUT2D eigenvalue weighted by atomic mass is 32.2. The smallest absolute Gasteiger partial charge is 0.236 e. The van der Waals surface area contributed by atoms with Crippen LogP contribution in [0, 0.1) is 0 Å². The molecule has 0 aliphatic carbocycles. The van der Waals surface area contributed by atoms with E-state index < -0.39 is 9.84 Å². The highest BCUT2D eigenvalue weighted by molar-refractivity contribution is 7.91. The van der Waals surface area contributed by atoms with Gasteiger partial charge in [-0.2, -0.15) is 0 Å². The Kier molecular flexibility index (Phi) is 4.71. The second-order valence-electron chi connectivity index (χ2n) is 6.22. The number of sulfone groups is 1. The molecular formula is C13H25N3O3S. The lowest BCUT2D eigenvalue weighted by molar-refractivity contribution is -0.133. The molecule has 1 amide bonds. The summed E-state index contributed by atoms with van der Waals surface area (Å²) in [6.45, 7) is 6.31. The van der Waals surface area contributed by atoms with Crippen LogP contribution in [0.4, 0.5) is 0 Å². The number of carbonyl (C=O) groups is 1. The Morgan fingerprint density at radius 2 is 1.90 bits per heavy atom. The summed E-state index contributed by atoms with van der Waals surface area (Å²) in [7, 11) is -1.22. The fourth-order valence-corrected chi connectivity index (χ4v) is 4.93. The molecule has 2 aliphatic heterocycles. The van der Waals surface area contributed by atoms with Gasteiger partial charge in [-0.25, -0.2) is 8.42 Å². The van der Waals surface area contributed by atoms with Gasteiger partial charge in [0, 0.05) is 38.3 Å². The Balaban J connectivity index is 1.88. The van der Waals surface area contributed by atoms with Crippen LogP contribution in [0.2, 0.25) is 0 Å². The molecule has 0 bridgehead atoms. The van der Waals surface area contributed by atoms with E-state index in [9.17, 15) is 13.2 Å². The minimum absolute atomic E-state index is 0.0217. The lowest BCUT2D eigenvalue weighted by Crippen LogP contribution is -2.56. The monoisotopic (exact) mass is 303 g/mol. The van der Waals surface area contributed by atoms with Crippen LogP contribution in [0.5, 0.6) is 0 Å². The molecule has 2 rings (SSSR count). The van der Waals surface area contributed by atoms with E-state index in [2.05, 4.69) is 24.1 Å². The first-order valence-corrected chi connectivity index (χ1v) is 9.03. The molecular weight excluding hydrogens is 278 g/mol. The van der Waals surface area contributed by atoms with E-state index in [-0.39, 0.29) is 23.5 Å². The van der Waals surface area contributed by atoms with E-state index in [0.29, 0.717) is 25.0 Å². The van der Waals surface area contributed by atoms with E-state index in [1.807, 2.05) is 0 Å². The second-order valence-corrected chi connectivity index (χ2v) is 8.45. The molecule has 1 N–H and O–H groups in total. The van der Waals surface area contributed by atoms with Gasteiger partial charge in [0.1, 0.15) is 0 Å². The predicted molar refractivity (Wildman–Crippen MR) is 78.3 cm³/mol. The van der Waals surface area contributed by atoms with Gasteiger partial charge in [-0.15, -0.1) is 0 Å². The zero-order valence-corrected chi connectivity index (χ0v) is 13.3. The Hall–Kier alpha value is -0.660. The van der Waals surface area contributed by atoms with Crippen LogP contribution in [0.25, 0.3) is 0 Å². The molecule has 0 saturated carbocycles. The largest absolute Gasteiger partial charge is 0.341 e. The predicted octanol–water partition coefficient (Wildman–Crippen LogP) is -0.686. The Morgan fingerprint density at radius 1 is 1.30 bits per heavy atom. The van der Waals surface area contributed by atoms with Crippen molar-refractivity contribution in [1.82, 2.24) is 15.1 Å². The standard InChI is InChI=1S/C13H25N3O3S/c1-10-6-16(7-11(2)14-10)8-13(17)15(3)12-4-5-20(18,19)9-12/h10-12,14H,4-9H2,1-3H3. The number of nitrogens with zero attached hydrogens (tertiary/aromatic N) is 2. The van der Waals surface area contributed by atoms with Crippen molar-refractivity contribution in [3.8, 4) is 0 Å². The van der Waals surface area contributed by atoms with Crippen LogP contribution in [-0.4, -0.2) is 80.4 Å². The van der Waals surface area contributed by atoms with Crippen molar-refractivity contribution < 1.29 is 13.2 Å². The van der Waals surface area contributed by atoms with Crippen LogP contribution >= 0.6 is 0 Å². The third-order valence-electron chi connectivity index (χ3n) is 4.14. The fourth-order valence-electron chi connectivity index (χ4n) is 3.16. The van der Waals surface area contributed by atoms with Gasteiger partial charge in [0.2, 0.25) is 5.91 Å². The summed E-state index contributed by atoms with van der Waals surface area (Å²) in [5.41, 5.74) is 0. The zero-order chi connectivity index (χ0) is 14.9. The highest BCUT2D eigenvalue weighted by Crippen LogP contribution is 2.17. The van der Waals surface area contributed by atoms with Crippen molar-refractivity contribution >= 4 is 15.7 Å². The number of piperazine rings is 1. The average molecular weight is 303 g/mol. The number of nitrogens with one attached hydrogen (secondary N) is 1. The molecule has 2 saturated heterocycles. The fraction of sp³-hybridized carbons (Fsp3) is 0.923. The van der Waals surface area contributed by atoms with Gasteiger partial charge in [0.15, 0.2) is 9.84 Å². The summed E-state index contributed by atoms with van der Waals surface area (Å²) in [6, 6.07) is 0.609. The quantitative estimate of drug-likeness (QED) is 0.748. The van der Waals surface area contributed by atoms with Gasteiger partial charge in [0.25, 0.3) is 0 Å². The average Bonchev–Trinajstić information content (AvgIpc) is 2.67. The van der Waals surface area contributed by atoms with Crippen LogP contribution in [-0.2, 0) is 14.6 Å². The minimum atomic E-state index is -2.94. The molecule has 0 aromatic heterocycles. The molecule has 3 unspecified atom stereocenters. The maximum Gasteiger partial charge on any atom is 0.236 e. The zero-order valence-electron chi connectivity index (χ0n) is 12.5. The number of amides is 1. The number of rotatable bonds is 3. The molecule has 7 heteroatoms. The first-order chi connectivity index (χ1) is 9.27. The normalized spacial score (nSPS) is 34.0. The topological polar surface area (TPSA) is 69.7 Å². The van der Waals surface area contributed by atoms with Crippen molar-refractivity contribution in [1.29, 1.82) is 0 Å². The Morgan fingerprint density at radius 3 is 2.40 bits per heavy atom. The molecule has 2 aliphatic rings. The molecule has 0 aromatic carbocycles. The van der Waals surface area contributed by atoms with E-state index >= 15 is 0 Å². The van der Waals surface area contributed by atoms with Crippen LogP contribution in [0.1, 0.15) is 20.3 Å². The minimum Gasteiger partial charge on any atom is -0.341 e. The van der Waals surface area contributed by atoms with E-state index in [4.69, 9.17) is 0 Å². The Labute approximate surface area is 121 Å². The van der Waals surface area contributed by atoms with E-state index in [1.165, 1.54) is 0 Å².